The Kier molecular flexibility index (Phi) is 6.00. The highest BCUT2D eigenvalue weighted by molar-refractivity contribution is 5.97. The molecule has 0 aliphatic heterocycles. The van der Waals surface area contributed by atoms with Gasteiger partial charge in [-0.15, -0.1) is 0 Å². The summed E-state index contributed by atoms with van der Waals surface area (Å²) in [6.07, 6.45) is 2.64. The summed E-state index contributed by atoms with van der Waals surface area (Å²) in [6, 6.07) is 10.2. The van der Waals surface area contributed by atoms with E-state index in [2.05, 4.69) is 12.1 Å². The molecule has 3 nitrogen and oxygen atoms in total. The highest BCUT2D eigenvalue weighted by Gasteiger charge is 2.06. The Labute approximate surface area is 102 Å². The van der Waals surface area contributed by atoms with Crippen molar-refractivity contribution in [3.63, 3.8) is 0 Å². The van der Waals surface area contributed by atoms with Crippen molar-refractivity contribution < 1.29 is 9.53 Å². The zero-order valence-corrected chi connectivity index (χ0v) is 10.2. The van der Waals surface area contributed by atoms with Gasteiger partial charge in [0, 0.05) is 5.71 Å². The van der Waals surface area contributed by atoms with Crippen LogP contribution in [-0.4, -0.2) is 18.3 Å². The van der Waals surface area contributed by atoms with Gasteiger partial charge in [-0.3, -0.25) is 4.79 Å². The van der Waals surface area contributed by atoms with Crippen LogP contribution in [0.2, 0.25) is 0 Å². The third-order valence-electron chi connectivity index (χ3n) is 2.45. The first-order chi connectivity index (χ1) is 8.22. The predicted molar refractivity (Wildman–Crippen MR) is 68.4 cm³/mol. The van der Waals surface area contributed by atoms with E-state index in [-0.39, 0.29) is 12.4 Å². The van der Waals surface area contributed by atoms with Crippen LogP contribution in [0.1, 0.15) is 31.7 Å². The third kappa shape index (κ3) is 5.85. The molecule has 0 atom stereocenters. The largest absolute Gasteiger partial charge is 0.466 e. The topological polar surface area (TPSA) is 50.2 Å². The lowest BCUT2D eigenvalue weighted by molar-refractivity contribution is -0.141. The van der Waals surface area contributed by atoms with Crippen molar-refractivity contribution in [2.75, 3.05) is 6.61 Å². The fourth-order valence-corrected chi connectivity index (χ4v) is 1.63. The zero-order chi connectivity index (χ0) is 12.5. The summed E-state index contributed by atoms with van der Waals surface area (Å²) in [4.78, 5) is 11.1. The summed E-state index contributed by atoms with van der Waals surface area (Å²) in [5, 5.41) is 7.66. The Morgan fingerprint density at radius 2 is 2.00 bits per heavy atom. The van der Waals surface area contributed by atoms with E-state index in [1.54, 1.807) is 6.92 Å². The number of esters is 1. The first kappa shape index (κ1) is 13.4. The average molecular weight is 233 g/mol. The lowest BCUT2D eigenvalue weighted by Crippen LogP contribution is -2.10. The van der Waals surface area contributed by atoms with Crippen molar-refractivity contribution in [3.8, 4) is 0 Å². The van der Waals surface area contributed by atoms with E-state index in [0.29, 0.717) is 18.7 Å². The van der Waals surface area contributed by atoms with Crippen molar-refractivity contribution in [2.24, 2.45) is 0 Å². The normalized spacial score (nSPS) is 9.94. The van der Waals surface area contributed by atoms with Gasteiger partial charge < -0.3 is 10.1 Å². The maximum Gasteiger partial charge on any atom is 0.311 e. The van der Waals surface area contributed by atoms with Gasteiger partial charge in [0.2, 0.25) is 0 Å². The van der Waals surface area contributed by atoms with Gasteiger partial charge in [-0.2, -0.15) is 0 Å². The number of nitrogens with one attached hydrogen (secondary N) is 1. The van der Waals surface area contributed by atoms with Crippen molar-refractivity contribution in [3.05, 3.63) is 35.9 Å². The van der Waals surface area contributed by atoms with E-state index < -0.39 is 0 Å². The molecule has 0 saturated carbocycles. The van der Waals surface area contributed by atoms with Gasteiger partial charge in [0.05, 0.1) is 13.0 Å². The molecule has 0 aromatic heterocycles. The molecule has 0 saturated heterocycles. The van der Waals surface area contributed by atoms with Gasteiger partial charge in [0.25, 0.3) is 0 Å². The molecular formula is C14H19NO2. The highest BCUT2D eigenvalue weighted by Crippen LogP contribution is 2.06. The number of aryl methyl sites for hydroxylation is 1. The maximum absolute atomic E-state index is 11.1. The lowest BCUT2D eigenvalue weighted by Gasteiger charge is -2.04. The minimum Gasteiger partial charge on any atom is -0.466 e. The van der Waals surface area contributed by atoms with Crippen LogP contribution < -0.4 is 0 Å². The summed E-state index contributed by atoms with van der Waals surface area (Å²) in [7, 11) is 0. The molecule has 17 heavy (non-hydrogen) atoms. The van der Waals surface area contributed by atoms with Crippen LogP contribution in [0.4, 0.5) is 0 Å². The molecule has 0 fully saturated rings. The standard InChI is InChI=1S/C14H19NO2/c1-2-17-14(16)11-13(15)10-6-9-12-7-4-3-5-8-12/h3-5,7-8,15H,2,6,9-11H2,1H3. The minimum absolute atomic E-state index is 0.128. The third-order valence-corrected chi connectivity index (χ3v) is 2.45. The molecule has 1 rings (SSSR count). The number of ether oxygens (including phenoxy) is 1. The summed E-state index contributed by atoms with van der Waals surface area (Å²) in [6.45, 7) is 2.16. The van der Waals surface area contributed by atoms with Gasteiger partial charge in [0.1, 0.15) is 0 Å². The molecule has 0 aliphatic rings. The first-order valence-electron chi connectivity index (χ1n) is 5.98. The monoisotopic (exact) mass is 233 g/mol. The van der Waals surface area contributed by atoms with Gasteiger partial charge in [-0.1, -0.05) is 30.3 Å². The number of rotatable bonds is 7. The molecule has 1 aromatic rings. The molecule has 0 spiro atoms. The van der Waals surface area contributed by atoms with Crippen LogP contribution in [0.3, 0.4) is 0 Å². The van der Waals surface area contributed by atoms with Crippen LogP contribution in [-0.2, 0) is 16.0 Å². The summed E-state index contributed by atoms with van der Waals surface area (Å²) in [5.41, 5.74) is 1.73. The van der Waals surface area contributed by atoms with Crippen molar-refractivity contribution >= 4 is 11.7 Å². The maximum atomic E-state index is 11.1. The zero-order valence-electron chi connectivity index (χ0n) is 10.2. The molecule has 92 valence electrons. The van der Waals surface area contributed by atoms with Gasteiger partial charge in [-0.25, -0.2) is 0 Å². The molecule has 0 radical (unpaired) electrons. The quantitative estimate of drug-likeness (QED) is 0.581. The molecular weight excluding hydrogens is 214 g/mol. The Morgan fingerprint density at radius 1 is 1.29 bits per heavy atom. The Balaban J connectivity index is 2.18. The molecule has 3 heteroatoms. The molecule has 0 bridgehead atoms. The smallest absolute Gasteiger partial charge is 0.311 e. The van der Waals surface area contributed by atoms with E-state index in [4.69, 9.17) is 10.1 Å². The molecule has 0 unspecified atom stereocenters. The van der Waals surface area contributed by atoms with E-state index in [0.717, 1.165) is 12.8 Å². The lowest BCUT2D eigenvalue weighted by atomic mass is 10.1. The van der Waals surface area contributed by atoms with Crippen LogP contribution >= 0.6 is 0 Å². The van der Waals surface area contributed by atoms with Crippen LogP contribution in [0.15, 0.2) is 30.3 Å². The summed E-state index contributed by atoms with van der Waals surface area (Å²) >= 11 is 0. The number of hydrogen-bond acceptors (Lipinski definition) is 3. The fraction of sp³-hybridized carbons (Fsp3) is 0.429. The van der Waals surface area contributed by atoms with Crippen molar-refractivity contribution in [1.82, 2.24) is 0 Å². The second-order valence-electron chi connectivity index (χ2n) is 3.92. The van der Waals surface area contributed by atoms with Gasteiger partial charge >= 0.3 is 5.97 Å². The summed E-state index contributed by atoms with van der Waals surface area (Å²) < 4.78 is 4.80. The Morgan fingerprint density at radius 3 is 2.65 bits per heavy atom. The summed E-state index contributed by atoms with van der Waals surface area (Å²) in [5.74, 6) is -0.294. The van der Waals surface area contributed by atoms with E-state index in [9.17, 15) is 4.79 Å². The number of carbonyl (C=O) groups is 1. The average Bonchev–Trinajstić information content (AvgIpc) is 2.30. The van der Waals surface area contributed by atoms with Crippen molar-refractivity contribution in [1.29, 1.82) is 5.41 Å². The minimum atomic E-state index is -0.294. The molecule has 0 aliphatic carbocycles. The van der Waals surface area contributed by atoms with Crippen molar-refractivity contribution in [2.45, 2.75) is 32.6 Å². The molecule has 1 N–H and O–H groups in total. The Hall–Kier alpha value is -1.64. The van der Waals surface area contributed by atoms with Crippen LogP contribution in [0, 0.1) is 5.41 Å². The number of hydrogen-bond donors (Lipinski definition) is 1. The Bertz CT molecular complexity index is 360. The SMILES string of the molecule is CCOC(=O)CC(=N)CCCc1ccccc1. The second kappa shape index (κ2) is 7.60. The number of benzene rings is 1. The molecule has 0 heterocycles. The van der Waals surface area contributed by atoms with Gasteiger partial charge in [-0.05, 0) is 31.7 Å². The number of carbonyl (C=O) groups excluding carboxylic acids is 1. The van der Waals surface area contributed by atoms with E-state index >= 15 is 0 Å². The fourth-order valence-electron chi connectivity index (χ4n) is 1.63. The molecule has 0 amide bonds. The van der Waals surface area contributed by atoms with E-state index in [1.165, 1.54) is 5.56 Å². The second-order valence-corrected chi connectivity index (χ2v) is 3.92. The first-order valence-corrected chi connectivity index (χ1v) is 5.98. The van der Waals surface area contributed by atoms with E-state index in [1.807, 2.05) is 18.2 Å². The van der Waals surface area contributed by atoms with Crippen LogP contribution in [0.25, 0.3) is 0 Å². The predicted octanol–water partition coefficient (Wildman–Crippen LogP) is 2.98. The van der Waals surface area contributed by atoms with Gasteiger partial charge in [0.15, 0.2) is 0 Å². The van der Waals surface area contributed by atoms with Crippen LogP contribution in [0.5, 0.6) is 0 Å². The molecule has 1 aromatic carbocycles. The highest BCUT2D eigenvalue weighted by atomic mass is 16.5.